The molecule has 3 rings (SSSR count). The van der Waals surface area contributed by atoms with E-state index in [2.05, 4.69) is 31.8 Å². The van der Waals surface area contributed by atoms with Crippen LogP contribution in [0.2, 0.25) is 0 Å². The van der Waals surface area contributed by atoms with Gasteiger partial charge in [0.25, 0.3) is 0 Å². The van der Waals surface area contributed by atoms with E-state index in [-0.39, 0.29) is 11.9 Å². The Labute approximate surface area is 143 Å². The molecule has 2 aliphatic rings. The summed E-state index contributed by atoms with van der Waals surface area (Å²) in [5.41, 5.74) is 0. The minimum absolute atomic E-state index is 0.0654. The zero-order valence-electron chi connectivity index (χ0n) is 14.4. The molecule has 1 amide bonds. The summed E-state index contributed by atoms with van der Waals surface area (Å²) in [6, 6.07) is -0.114. The van der Waals surface area contributed by atoms with Crippen LogP contribution in [0.5, 0.6) is 0 Å². The maximum Gasteiger partial charge on any atom is 0.237 e. The van der Waals surface area contributed by atoms with Gasteiger partial charge in [0.05, 0.1) is 12.6 Å². The van der Waals surface area contributed by atoms with Gasteiger partial charge in [-0.25, -0.2) is 0 Å². The second-order valence-corrected chi connectivity index (χ2v) is 6.70. The van der Waals surface area contributed by atoms with Gasteiger partial charge in [0.1, 0.15) is 0 Å². The normalized spacial score (nSPS) is 21.2. The third-order valence-electron chi connectivity index (χ3n) is 4.75. The first kappa shape index (κ1) is 17.1. The number of amides is 1. The van der Waals surface area contributed by atoms with Gasteiger partial charge >= 0.3 is 0 Å². The standard InChI is InChI=1S/C17H27N5O2/c1-3-7-18-16(23)13(2)22-9-4-8-21(10-11-22)12-15-19-17(24-20-15)14-5-6-14/h3,13-14H,1,4-12H2,2H3,(H,18,23). The van der Waals surface area contributed by atoms with E-state index >= 15 is 0 Å². The lowest BCUT2D eigenvalue weighted by molar-refractivity contribution is -0.125. The lowest BCUT2D eigenvalue weighted by Gasteiger charge is -2.26. The van der Waals surface area contributed by atoms with Crippen LogP contribution in [0.3, 0.4) is 0 Å². The molecule has 1 aliphatic heterocycles. The molecule has 2 fully saturated rings. The van der Waals surface area contributed by atoms with Crippen LogP contribution in [0.15, 0.2) is 17.2 Å². The molecule has 0 aromatic carbocycles. The highest BCUT2D eigenvalue weighted by Gasteiger charge is 2.30. The van der Waals surface area contributed by atoms with Crippen LogP contribution in [0.4, 0.5) is 0 Å². The number of carbonyl (C=O) groups is 1. The first-order chi connectivity index (χ1) is 11.7. The zero-order valence-corrected chi connectivity index (χ0v) is 14.4. The highest BCUT2D eigenvalue weighted by molar-refractivity contribution is 5.81. The predicted molar refractivity (Wildman–Crippen MR) is 90.4 cm³/mol. The molecule has 0 spiro atoms. The quantitative estimate of drug-likeness (QED) is 0.755. The average Bonchev–Trinajstić information content (AvgIpc) is 3.37. The molecule has 24 heavy (non-hydrogen) atoms. The van der Waals surface area contributed by atoms with Crippen molar-refractivity contribution in [3.05, 3.63) is 24.4 Å². The molecule has 1 aliphatic carbocycles. The van der Waals surface area contributed by atoms with Crippen molar-refractivity contribution in [2.75, 3.05) is 32.7 Å². The molecule has 1 saturated carbocycles. The van der Waals surface area contributed by atoms with E-state index in [1.54, 1.807) is 6.08 Å². The van der Waals surface area contributed by atoms with E-state index in [1.807, 2.05) is 6.92 Å². The van der Waals surface area contributed by atoms with E-state index in [1.165, 1.54) is 12.8 Å². The molecule has 1 atom stereocenters. The van der Waals surface area contributed by atoms with Crippen molar-refractivity contribution in [1.29, 1.82) is 0 Å². The van der Waals surface area contributed by atoms with Crippen LogP contribution in [0.25, 0.3) is 0 Å². The van der Waals surface area contributed by atoms with E-state index in [0.29, 0.717) is 12.5 Å². The molecule has 0 bridgehead atoms. The summed E-state index contributed by atoms with van der Waals surface area (Å²) in [4.78, 5) is 21.2. The second kappa shape index (κ2) is 7.90. The summed E-state index contributed by atoms with van der Waals surface area (Å²) in [5, 5.41) is 6.98. The summed E-state index contributed by atoms with van der Waals surface area (Å²) >= 11 is 0. The van der Waals surface area contributed by atoms with Crippen LogP contribution >= 0.6 is 0 Å². The largest absolute Gasteiger partial charge is 0.351 e. The van der Waals surface area contributed by atoms with Gasteiger partial charge in [-0.05, 0) is 32.7 Å². The summed E-state index contributed by atoms with van der Waals surface area (Å²) in [6.07, 6.45) is 5.08. The summed E-state index contributed by atoms with van der Waals surface area (Å²) in [6.45, 7) is 10.5. The van der Waals surface area contributed by atoms with Gasteiger partial charge in [0.15, 0.2) is 5.82 Å². The van der Waals surface area contributed by atoms with Crippen molar-refractivity contribution in [3.8, 4) is 0 Å². The summed E-state index contributed by atoms with van der Waals surface area (Å²) in [5.74, 6) is 2.15. The van der Waals surface area contributed by atoms with E-state index < -0.39 is 0 Å². The van der Waals surface area contributed by atoms with E-state index in [4.69, 9.17) is 4.52 Å². The Kier molecular flexibility index (Phi) is 5.63. The zero-order chi connectivity index (χ0) is 16.9. The molecule has 1 aromatic rings. The van der Waals surface area contributed by atoms with Crippen LogP contribution in [0, 0.1) is 0 Å². The Morgan fingerprint density at radius 3 is 3.00 bits per heavy atom. The van der Waals surface area contributed by atoms with Gasteiger partial charge in [-0.1, -0.05) is 11.2 Å². The molecule has 132 valence electrons. The number of hydrogen-bond acceptors (Lipinski definition) is 6. The minimum Gasteiger partial charge on any atom is -0.351 e. The van der Waals surface area contributed by atoms with E-state index in [0.717, 1.165) is 50.9 Å². The third-order valence-corrected chi connectivity index (χ3v) is 4.75. The Morgan fingerprint density at radius 2 is 2.25 bits per heavy atom. The highest BCUT2D eigenvalue weighted by Crippen LogP contribution is 2.38. The van der Waals surface area contributed by atoms with Crippen LogP contribution in [0.1, 0.15) is 43.8 Å². The SMILES string of the molecule is C=CCNC(=O)C(C)N1CCCN(Cc2noc(C3CC3)n2)CC1. The van der Waals surface area contributed by atoms with Gasteiger partial charge in [0, 0.05) is 32.1 Å². The maximum atomic E-state index is 12.1. The van der Waals surface area contributed by atoms with Gasteiger partial charge in [-0.3, -0.25) is 14.6 Å². The van der Waals surface area contributed by atoms with Gasteiger partial charge in [-0.15, -0.1) is 6.58 Å². The fraction of sp³-hybridized carbons (Fsp3) is 0.706. The Balaban J connectivity index is 1.48. The number of aromatic nitrogens is 2. The lowest BCUT2D eigenvalue weighted by Crippen LogP contribution is -2.46. The van der Waals surface area contributed by atoms with Crippen LogP contribution in [-0.4, -0.2) is 64.6 Å². The molecule has 7 nitrogen and oxygen atoms in total. The number of nitrogens with zero attached hydrogens (tertiary/aromatic N) is 4. The fourth-order valence-electron chi connectivity index (χ4n) is 3.05. The Morgan fingerprint density at radius 1 is 1.42 bits per heavy atom. The summed E-state index contributed by atoms with van der Waals surface area (Å²) < 4.78 is 5.33. The second-order valence-electron chi connectivity index (χ2n) is 6.70. The van der Waals surface area contributed by atoms with Crippen molar-refractivity contribution >= 4 is 5.91 Å². The van der Waals surface area contributed by atoms with Crippen LogP contribution < -0.4 is 5.32 Å². The molecule has 1 aromatic heterocycles. The topological polar surface area (TPSA) is 74.5 Å². The van der Waals surface area contributed by atoms with Crippen LogP contribution in [-0.2, 0) is 11.3 Å². The number of hydrogen-bond donors (Lipinski definition) is 1. The van der Waals surface area contributed by atoms with Gasteiger partial charge in [0.2, 0.25) is 11.8 Å². The van der Waals surface area contributed by atoms with Crippen molar-refractivity contribution in [1.82, 2.24) is 25.3 Å². The molecule has 1 N–H and O–H groups in total. The van der Waals surface area contributed by atoms with Crippen molar-refractivity contribution in [2.45, 2.75) is 44.7 Å². The Hall–Kier alpha value is -1.73. The Bertz CT molecular complexity index is 569. The average molecular weight is 333 g/mol. The smallest absolute Gasteiger partial charge is 0.237 e. The first-order valence-electron chi connectivity index (χ1n) is 8.85. The molecule has 2 heterocycles. The van der Waals surface area contributed by atoms with Gasteiger partial charge in [-0.2, -0.15) is 4.98 Å². The lowest BCUT2D eigenvalue weighted by atomic mass is 10.2. The molecular formula is C17H27N5O2. The summed E-state index contributed by atoms with van der Waals surface area (Å²) in [7, 11) is 0. The molecule has 1 unspecified atom stereocenters. The third kappa shape index (κ3) is 4.42. The molecular weight excluding hydrogens is 306 g/mol. The first-order valence-corrected chi connectivity index (χ1v) is 8.85. The maximum absolute atomic E-state index is 12.1. The van der Waals surface area contributed by atoms with Crippen molar-refractivity contribution in [2.24, 2.45) is 0 Å². The monoisotopic (exact) mass is 333 g/mol. The predicted octanol–water partition coefficient (Wildman–Crippen LogP) is 1.15. The number of nitrogens with one attached hydrogen (secondary N) is 1. The van der Waals surface area contributed by atoms with E-state index in [9.17, 15) is 4.79 Å². The molecule has 1 saturated heterocycles. The highest BCUT2D eigenvalue weighted by atomic mass is 16.5. The number of rotatable bonds is 7. The number of carbonyl (C=O) groups excluding carboxylic acids is 1. The van der Waals surface area contributed by atoms with Gasteiger partial charge < -0.3 is 9.84 Å². The minimum atomic E-state index is -0.114. The van der Waals surface area contributed by atoms with Crippen molar-refractivity contribution < 1.29 is 9.32 Å². The molecule has 0 radical (unpaired) electrons. The fourth-order valence-corrected chi connectivity index (χ4v) is 3.05. The van der Waals surface area contributed by atoms with Crippen molar-refractivity contribution in [3.63, 3.8) is 0 Å². The molecule has 7 heteroatoms.